The maximum absolute atomic E-state index is 4.83. The van der Waals surface area contributed by atoms with Crippen molar-refractivity contribution in [1.82, 2.24) is 19.4 Å². The van der Waals surface area contributed by atoms with Gasteiger partial charge in [0.1, 0.15) is 11.6 Å². The van der Waals surface area contributed by atoms with Crippen molar-refractivity contribution in [1.29, 1.82) is 0 Å². The van der Waals surface area contributed by atoms with E-state index in [9.17, 15) is 0 Å². The van der Waals surface area contributed by atoms with Crippen LogP contribution in [0, 0.1) is 0 Å². The molecular formula is C22H27N5. The Morgan fingerprint density at radius 2 is 2.00 bits per heavy atom. The van der Waals surface area contributed by atoms with Gasteiger partial charge in [0.25, 0.3) is 0 Å². The summed E-state index contributed by atoms with van der Waals surface area (Å²) < 4.78 is 2.24. The third kappa shape index (κ3) is 3.21. The number of anilines is 1. The summed E-state index contributed by atoms with van der Waals surface area (Å²) in [5.41, 5.74) is 2.74. The Bertz CT molecular complexity index is 958. The van der Waals surface area contributed by atoms with E-state index in [1.54, 1.807) is 0 Å². The Balaban J connectivity index is 1.29. The number of hydrogen-bond donors (Lipinski definition) is 0. The van der Waals surface area contributed by atoms with Gasteiger partial charge < -0.3 is 9.47 Å². The summed E-state index contributed by atoms with van der Waals surface area (Å²) >= 11 is 0. The van der Waals surface area contributed by atoms with Gasteiger partial charge in [-0.25, -0.2) is 9.97 Å². The Morgan fingerprint density at radius 3 is 2.85 bits per heavy atom. The second-order valence-electron chi connectivity index (χ2n) is 8.12. The molecule has 2 fully saturated rings. The molecule has 5 rings (SSSR count). The minimum atomic E-state index is 0.516. The third-order valence-corrected chi connectivity index (χ3v) is 6.13. The molecule has 1 saturated carbocycles. The zero-order chi connectivity index (χ0) is 18.4. The van der Waals surface area contributed by atoms with Gasteiger partial charge in [-0.3, -0.25) is 4.90 Å². The number of fused-ring (bicyclic) bond motifs is 1. The number of hydrogen-bond acceptors (Lipinski definition) is 4. The lowest BCUT2D eigenvalue weighted by Crippen LogP contribution is -2.35. The number of nitrogens with zero attached hydrogens (tertiary/aromatic N) is 5. The molecule has 1 aliphatic heterocycles. The fraction of sp³-hybridized carbons (Fsp3) is 0.455. The summed E-state index contributed by atoms with van der Waals surface area (Å²) in [7, 11) is 4.32. The Morgan fingerprint density at radius 1 is 1.15 bits per heavy atom. The first-order valence-corrected chi connectivity index (χ1v) is 10.00. The molecule has 0 radical (unpaired) electrons. The zero-order valence-corrected chi connectivity index (χ0v) is 16.2. The summed E-state index contributed by atoms with van der Waals surface area (Å²) in [5, 5.41) is 1.38. The monoisotopic (exact) mass is 361 g/mol. The minimum absolute atomic E-state index is 0.516. The van der Waals surface area contributed by atoms with E-state index in [1.165, 1.54) is 35.7 Å². The van der Waals surface area contributed by atoms with Crippen molar-refractivity contribution in [2.75, 3.05) is 25.0 Å². The van der Waals surface area contributed by atoms with Crippen molar-refractivity contribution >= 4 is 16.7 Å². The normalized spacial score (nSPS) is 20.4. The first-order chi connectivity index (χ1) is 13.2. The van der Waals surface area contributed by atoms with Gasteiger partial charge in [0, 0.05) is 69.0 Å². The van der Waals surface area contributed by atoms with Gasteiger partial charge >= 0.3 is 0 Å². The molecule has 1 aromatic carbocycles. The SMILES string of the molecule is CN(c1ccnc(C2CC2)n1)C1CCN(Cc2cn(C)c3ccccc23)C1. The molecule has 5 heteroatoms. The molecule has 3 heterocycles. The van der Waals surface area contributed by atoms with E-state index < -0.39 is 0 Å². The van der Waals surface area contributed by atoms with Crippen molar-refractivity contribution in [3.8, 4) is 0 Å². The van der Waals surface area contributed by atoms with Crippen LogP contribution in [0.3, 0.4) is 0 Å². The van der Waals surface area contributed by atoms with Crippen LogP contribution in [0.25, 0.3) is 10.9 Å². The van der Waals surface area contributed by atoms with E-state index in [0.717, 1.165) is 31.3 Å². The van der Waals surface area contributed by atoms with Gasteiger partial charge in [-0.15, -0.1) is 0 Å². The average molecular weight is 361 g/mol. The third-order valence-electron chi connectivity index (χ3n) is 6.13. The lowest BCUT2D eigenvalue weighted by Gasteiger charge is -2.26. The van der Waals surface area contributed by atoms with Crippen molar-refractivity contribution in [3.05, 3.63) is 54.1 Å². The number of likely N-dealkylation sites (N-methyl/N-ethyl adjacent to an activating group) is 1. The number of aryl methyl sites for hydroxylation is 1. The molecule has 27 heavy (non-hydrogen) atoms. The molecule has 3 aromatic rings. The topological polar surface area (TPSA) is 37.2 Å². The fourth-order valence-electron chi connectivity index (χ4n) is 4.35. The van der Waals surface area contributed by atoms with E-state index in [0.29, 0.717) is 12.0 Å². The predicted molar refractivity (Wildman–Crippen MR) is 109 cm³/mol. The summed E-state index contributed by atoms with van der Waals surface area (Å²) in [6.07, 6.45) is 7.89. The first-order valence-electron chi connectivity index (χ1n) is 10.00. The minimum Gasteiger partial charge on any atom is -0.355 e. The van der Waals surface area contributed by atoms with Gasteiger partial charge in [0.15, 0.2) is 0 Å². The highest BCUT2D eigenvalue weighted by atomic mass is 15.3. The van der Waals surface area contributed by atoms with Gasteiger partial charge in [0.05, 0.1) is 0 Å². The van der Waals surface area contributed by atoms with Gasteiger partial charge in [-0.05, 0) is 37.0 Å². The van der Waals surface area contributed by atoms with E-state index in [2.05, 4.69) is 70.0 Å². The van der Waals surface area contributed by atoms with Crippen LogP contribution in [0.15, 0.2) is 42.7 Å². The molecule has 140 valence electrons. The number of rotatable bonds is 5. The molecule has 2 aromatic heterocycles. The Kier molecular flexibility index (Phi) is 4.12. The highest BCUT2D eigenvalue weighted by Crippen LogP contribution is 2.38. The van der Waals surface area contributed by atoms with Crippen molar-refractivity contribution < 1.29 is 0 Å². The van der Waals surface area contributed by atoms with Crippen LogP contribution >= 0.6 is 0 Å². The Hall–Kier alpha value is -2.40. The summed E-state index contributed by atoms with van der Waals surface area (Å²) in [4.78, 5) is 14.2. The first kappa shape index (κ1) is 16.8. The van der Waals surface area contributed by atoms with Crippen molar-refractivity contribution in [3.63, 3.8) is 0 Å². The van der Waals surface area contributed by atoms with Crippen LogP contribution in [0.5, 0.6) is 0 Å². The van der Waals surface area contributed by atoms with Crippen LogP contribution in [0.1, 0.15) is 36.6 Å². The maximum Gasteiger partial charge on any atom is 0.133 e. The molecule has 2 aliphatic rings. The number of para-hydroxylation sites is 1. The van der Waals surface area contributed by atoms with Crippen molar-refractivity contribution in [2.24, 2.45) is 7.05 Å². The Labute approximate surface area is 160 Å². The van der Waals surface area contributed by atoms with Gasteiger partial charge in [-0.2, -0.15) is 0 Å². The quantitative estimate of drug-likeness (QED) is 0.696. The smallest absolute Gasteiger partial charge is 0.133 e. The maximum atomic E-state index is 4.83. The largest absolute Gasteiger partial charge is 0.355 e. The van der Waals surface area contributed by atoms with E-state index in [-0.39, 0.29) is 0 Å². The lowest BCUT2D eigenvalue weighted by molar-refractivity contribution is 0.327. The number of aromatic nitrogens is 3. The highest BCUT2D eigenvalue weighted by Gasteiger charge is 2.29. The van der Waals surface area contributed by atoms with Crippen molar-refractivity contribution in [2.45, 2.75) is 37.8 Å². The van der Waals surface area contributed by atoms with Crippen LogP contribution in [0.2, 0.25) is 0 Å². The molecule has 0 bridgehead atoms. The van der Waals surface area contributed by atoms with Crippen LogP contribution in [0.4, 0.5) is 5.82 Å². The highest BCUT2D eigenvalue weighted by molar-refractivity contribution is 5.83. The predicted octanol–water partition coefficient (Wildman–Crippen LogP) is 3.56. The molecule has 1 saturated heterocycles. The second kappa shape index (κ2) is 6.64. The molecule has 1 unspecified atom stereocenters. The van der Waals surface area contributed by atoms with E-state index >= 15 is 0 Å². The van der Waals surface area contributed by atoms with E-state index in [1.807, 2.05) is 6.20 Å². The van der Waals surface area contributed by atoms with Crippen LogP contribution in [-0.4, -0.2) is 45.6 Å². The number of likely N-dealkylation sites (tertiary alicyclic amines) is 1. The summed E-state index contributed by atoms with van der Waals surface area (Å²) in [6, 6.07) is 11.3. The zero-order valence-electron chi connectivity index (χ0n) is 16.2. The van der Waals surface area contributed by atoms with Crippen LogP contribution in [-0.2, 0) is 13.6 Å². The van der Waals surface area contributed by atoms with Crippen LogP contribution < -0.4 is 4.90 Å². The average Bonchev–Trinajstić information content (AvgIpc) is 3.38. The fourth-order valence-corrected chi connectivity index (χ4v) is 4.35. The molecule has 0 amide bonds. The molecular weight excluding hydrogens is 334 g/mol. The summed E-state index contributed by atoms with van der Waals surface area (Å²) in [6.45, 7) is 3.24. The number of benzene rings is 1. The molecule has 0 N–H and O–H groups in total. The molecule has 0 spiro atoms. The van der Waals surface area contributed by atoms with Gasteiger partial charge in [-0.1, -0.05) is 18.2 Å². The summed E-state index contributed by atoms with van der Waals surface area (Å²) in [5.74, 6) is 2.71. The lowest BCUT2D eigenvalue weighted by atomic mass is 10.1. The second-order valence-corrected chi connectivity index (χ2v) is 8.12. The molecule has 1 atom stereocenters. The van der Waals surface area contributed by atoms with Gasteiger partial charge in [0.2, 0.25) is 0 Å². The molecule has 1 aliphatic carbocycles. The molecule has 5 nitrogen and oxygen atoms in total. The van der Waals surface area contributed by atoms with E-state index in [4.69, 9.17) is 4.98 Å². The standard InChI is InChI=1S/C22H27N5/c1-25-13-17(19-5-3-4-6-20(19)25)14-27-12-10-18(15-27)26(2)21-9-11-23-22(24-21)16-7-8-16/h3-6,9,11,13,16,18H,7-8,10,12,14-15H2,1-2H3.